The highest BCUT2D eigenvalue weighted by molar-refractivity contribution is 6.28. The van der Waals surface area contributed by atoms with Crippen LogP contribution in [0.1, 0.15) is 0 Å². The Hall–Kier alpha value is -0.700. The average molecular weight is 263 g/mol. The Labute approximate surface area is 82.8 Å². The number of allylic oxidation sites excluding steroid dienone is 1. The molecule has 0 saturated carbocycles. The summed E-state index contributed by atoms with van der Waals surface area (Å²) >= 11 is 4.39. The van der Waals surface area contributed by atoms with E-state index in [-0.39, 0.29) is 0 Å². The first-order valence-corrected chi connectivity index (χ1v) is 3.37. The SMILES string of the molecule is OOC(Cl)=C(F)C(F)(F)C(F)(F)C(F)F. The van der Waals surface area contributed by atoms with Gasteiger partial charge in [0, 0.05) is 0 Å². The summed E-state index contributed by atoms with van der Waals surface area (Å²) in [6.07, 6.45) is -4.82. The van der Waals surface area contributed by atoms with Crippen molar-refractivity contribution in [1.82, 2.24) is 0 Å². The minimum atomic E-state index is -5.98. The molecule has 0 unspecified atom stereocenters. The Morgan fingerprint density at radius 2 is 1.60 bits per heavy atom. The molecule has 0 aliphatic carbocycles. The lowest BCUT2D eigenvalue weighted by molar-refractivity contribution is -0.258. The van der Waals surface area contributed by atoms with Gasteiger partial charge in [-0.2, -0.15) is 22.0 Å². The first-order chi connectivity index (χ1) is 6.59. The van der Waals surface area contributed by atoms with Gasteiger partial charge in [0.1, 0.15) is 0 Å². The van der Waals surface area contributed by atoms with Crippen LogP contribution in [0.15, 0.2) is 11.0 Å². The van der Waals surface area contributed by atoms with Crippen molar-refractivity contribution in [2.24, 2.45) is 0 Å². The van der Waals surface area contributed by atoms with Crippen LogP contribution in [0.5, 0.6) is 0 Å². The van der Waals surface area contributed by atoms with Crippen LogP contribution in [0.2, 0.25) is 0 Å². The van der Waals surface area contributed by atoms with Gasteiger partial charge in [0.25, 0.3) is 5.22 Å². The van der Waals surface area contributed by atoms with Crippen LogP contribution in [-0.4, -0.2) is 23.5 Å². The molecule has 0 aromatic heterocycles. The lowest BCUT2D eigenvalue weighted by Gasteiger charge is -2.23. The lowest BCUT2D eigenvalue weighted by Crippen LogP contribution is -2.47. The Kier molecular flexibility index (Phi) is 4.23. The van der Waals surface area contributed by atoms with Crippen LogP contribution in [0.3, 0.4) is 0 Å². The molecule has 1 N–H and O–H groups in total. The summed E-state index contributed by atoms with van der Waals surface area (Å²) < 4.78 is 84.2. The summed E-state index contributed by atoms with van der Waals surface area (Å²) in [5.74, 6) is -15.1. The maximum absolute atomic E-state index is 12.3. The molecule has 0 aromatic rings. The van der Waals surface area contributed by atoms with Gasteiger partial charge in [0.2, 0.25) is 5.83 Å². The second-order valence-electron chi connectivity index (χ2n) is 2.18. The normalized spacial score (nSPS) is 15.3. The van der Waals surface area contributed by atoms with E-state index >= 15 is 0 Å². The zero-order valence-corrected chi connectivity index (χ0v) is 7.21. The van der Waals surface area contributed by atoms with Crippen molar-refractivity contribution in [3.8, 4) is 0 Å². The fourth-order valence-corrected chi connectivity index (χ4v) is 0.566. The highest BCUT2D eigenvalue weighted by Gasteiger charge is 2.67. The van der Waals surface area contributed by atoms with Crippen molar-refractivity contribution in [3.05, 3.63) is 11.0 Å². The molecular formula is C5H2ClF7O2. The summed E-state index contributed by atoms with van der Waals surface area (Å²) in [5, 5.41) is 5.42. The molecule has 0 aliphatic heterocycles. The summed E-state index contributed by atoms with van der Waals surface area (Å²) in [7, 11) is 0. The fraction of sp³-hybridized carbons (Fsp3) is 0.600. The molecule has 15 heavy (non-hydrogen) atoms. The van der Waals surface area contributed by atoms with Gasteiger partial charge >= 0.3 is 18.3 Å². The van der Waals surface area contributed by atoms with Gasteiger partial charge in [-0.3, -0.25) is 0 Å². The first-order valence-electron chi connectivity index (χ1n) is 3.00. The standard InChI is InChI=1S/C5H2ClF7O2/c6-2(15-14)1(7)4(10,11)5(12,13)3(8)9/h3,14H. The largest absolute Gasteiger partial charge is 0.376 e. The Balaban J connectivity index is 5.32. The minimum Gasteiger partial charge on any atom is -0.324 e. The van der Waals surface area contributed by atoms with E-state index in [1.807, 2.05) is 0 Å². The second-order valence-corrected chi connectivity index (χ2v) is 2.52. The van der Waals surface area contributed by atoms with E-state index in [0.29, 0.717) is 0 Å². The van der Waals surface area contributed by atoms with Crippen molar-refractivity contribution in [3.63, 3.8) is 0 Å². The van der Waals surface area contributed by atoms with Crippen LogP contribution in [0, 0.1) is 0 Å². The highest BCUT2D eigenvalue weighted by atomic mass is 35.5. The number of alkyl halides is 6. The molecule has 10 heteroatoms. The minimum absolute atomic E-state index is 2.15. The monoisotopic (exact) mass is 262 g/mol. The van der Waals surface area contributed by atoms with E-state index in [1.54, 1.807) is 0 Å². The second kappa shape index (κ2) is 4.44. The van der Waals surface area contributed by atoms with E-state index in [0.717, 1.165) is 0 Å². The Bertz CT molecular complexity index is 264. The number of hydrogen-bond acceptors (Lipinski definition) is 2. The van der Waals surface area contributed by atoms with Gasteiger partial charge in [-0.25, -0.2) is 14.0 Å². The molecule has 0 fully saturated rings. The third-order valence-corrected chi connectivity index (χ3v) is 1.46. The topological polar surface area (TPSA) is 29.5 Å². The Morgan fingerprint density at radius 3 is 1.87 bits per heavy atom. The van der Waals surface area contributed by atoms with E-state index < -0.39 is 29.3 Å². The van der Waals surface area contributed by atoms with Gasteiger partial charge in [-0.1, -0.05) is 0 Å². The van der Waals surface area contributed by atoms with Gasteiger partial charge < -0.3 is 4.89 Å². The molecule has 0 amide bonds. The van der Waals surface area contributed by atoms with Crippen LogP contribution in [0.4, 0.5) is 30.7 Å². The van der Waals surface area contributed by atoms with Gasteiger partial charge in [-0.05, 0) is 11.6 Å². The molecule has 0 spiro atoms. The van der Waals surface area contributed by atoms with Crippen LogP contribution in [0.25, 0.3) is 0 Å². The molecule has 0 radical (unpaired) electrons. The predicted molar refractivity (Wildman–Crippen MR) is 33.6 cm³/mol. The number of rotatable bonds is 4. The summed E-state index contributed by atoms with van der Waals surface area (Å²) in [6.45, 7) is 0. The maximum Gasteiger partial charge on any atom is 0.376 e. The Morgan fingerprint density at radius 1 is 1.20 bits per heavy atom. The van der Waals surface area contributed by atoms with Crippen molar-refractivity contribution in [2.45, 2.75) is 18.3 Å². The molecule has 2 nitrogen and oxygen atoms in total. The van der Waals surface area contributed by atoms with E-state index in [2.05, 4.69) is 16.5 Å². The molecule has 0 rings (SSSR count). The van der Waals surface area contributed by atoms with Crippen LogP contribution in [-0.2, 0) is 4.89 Å². The average Bonchev–Trinajstić information content (AvgIpc) is 2.14. The lowest BCUT2D eigenvalue weighted by atomic mass is 10.1. The molecule has 0 aromatic carbocycles. The van der Waals surface area contributed by atoms with Gasteiger partial charge in [0.15, 0.2) is 0 Å². The molecule has 0 saturated heterocycles. The van der Waals surface area contributed by atoms with Crippen molar-refractivity contribution >= 4 is 11.6 Å². The first kappa shape index (κ1) is 14.3. The van der Waals surface area contributed by atoms with Crippen LogP contribution >= 0.6 is 11.6 Å². The molecule has 0 aliphatic rings. The molecule has 0 bridgehead atoms. The van der Waals surface area contributed by atoms with E-state index in [4.69, 9.17) is 5.26 Å². The summed E-state index contributed by atoms with van der Waals surface area (Å²) in [4.78, 5) is 2.69. The van der Waals surface area contributed by atoms with Crippen LogP contribution < -0.4 is 0 Å². The smallest absolute Gasteiger partial charge is 0.324 e. The summed E-state index contributed by atoms with van der Waals surface area (Å²) in [5.41, 5.74) is 0. The van der Waals surface area contributed by atoms with Gasteiger partial charge in [0.05, 0.1) is 0 Å². The predicted octanol–water partition coefficient (Wildman–Crippen LogP) is 3.39. The van der Waals surface area contributed by atoms with E-state index in [9.17, 15) is 30.7 Å². The number of halogens is 8. The van der Waals surface area contributed by atoms with Gasteiger partial charge in [-0.15, -0.1) is 0 Å². The van der Waals surface area contributed by atoms with Crippen molar-refractivity contribution in [1.29, 1.82) is 0 Å². The molecule has 0 heterocycles. The summed E-state index contributed by atoms with van der Waals surface area (Å²) in [6, 6.07) is 0. The fourth-order valence-electron chi connectivity index (χ4n) is 0.447. The molecule has 0 atom stereocenters. The van der Waals surface area contributed by atoms with E-state index in [1.165, 1.54) is 0 Å². The number of hydrogen-bond donors (Lipinski definition) is 1. The zero-order valence-electron chi connectivity index (χ0n) is 6.46. The maximum atomic E-state index is 12.3. The quantitative estimate of drug-likeness (QED) is 0.364. The third-order valence-electron chi connectivity index (χ3n) is 1.22. The highest BCUT2D eigenvalue weighted by Crippen LogP contribution is 2.45. The van der Waals surface area contributed by atoms with Crippen molar-refractivity contribution < 1.29 is 40.9 Å². The molecule has 90 valence electrons. The van der Waals surface area contributed by atoms with Crippen molar-refractivity contribution in [2.75, 3.05) is 0 Å². The third kappa shape index (κ3) is 2.46. The zero-order chi connectivity index (χ0) is 12.4. The molecular weight excluding hydrogens is 260 g/mol.